The fraction of sp³-hybridized carbons (Fsp3) is 0.625. The second-order valence-corrected chi connectivity index (χ2v) is 5.86. The summed E-state index contributed by atoms with van der Waals surface area (Å²) in [5, 5.41) is 8.95. The van der Waals surface area contributed by atoms with Crippen LogP contribution in [-0.4, -0.2) is 15.8 Å². The largest absolute Gasteiger partial charge is 0.464 e. The molecule has 2 rings (SSSR count). The van der Waals surface area contributed by atoms with Gasteiger partial charge in [0.05, 0.1) is 0 Å². The van der Waals surface area contributed by atoms with Crippen molar-refractivity contribution in [2.75, 3.05) is 0 Å². The van der Waals surface area contributed by atoms with E-state index in [9.17, 15) is 9.59 Å². The van der Waals surface area contributed by atoms with Crippen LogP contribution in [0.4, 0.5) is 4.79 Å². The van der Waals surface area contributed by atoms with Gasteiger partial charge in [0.15, 0.2) is 0 Å². The minimum absolute atomic E-state index is 0.398. The molecule has 1 aliphatic carbocycles. The van der Waals surface area contributed by atoms with Gasteiger partial charge >= 0.3 is 6.09 Å². The lowest BCUT2D eigenvalue weighted by Crippen LogP contribution is -2.29. The van der Waals surface area contributed by atoms with Crippen LogP contribution in [0.2, 0.25) is 0 Å². The van der Waals surface area contributed by atoms with E-state index in [2.05, 4.69) is 6.92 Å². The van der Waals surface area contributed by atoms with E-state index in [1.807, 2.05) is 6.07 Å². The van der Waals surface area contributed by atoms with E-state index in [0.29, 0.717) is 11.5 Å². The Hall–Kier alpha value is -1.58. The molecule has 0 atom stereocenters. The smallest absolute Gasteiger partial charge is 0.418 e. The molecule has 0 aromatic carbocycles. The summed E-state index contributed by atoms with van der Waals surface area (Å²) >= 11 is 0. The second-order valence-electron chi connectivity index (χ2n) is 5.86. The van der Waals surface area contributed by atoms with Gasteiger partial charge < -0.3 is 5.11 Å². The third kappa shape index (κ3) is 2.94. The van der Waals surface area contributed by atoms with E-state index in [0.717, 1.165) is 28.9 Å². The molecular formula is C16H23NO3. The molecule has 110 valence electrons. The summed E-state index contributed by atoms with van der Waals surface area (Å²) in [5.74, 6) is 1.25. The van der Waals surface area contributed by atoms with Crippen LogP contribution in [0.25, 0.3) is 0 Å². The number of carbonyl (C=O) groups is 1. The van der Waals surface area contributed by atoms with Crippen molar-refractivity contribution in [3.63, 3.8) is 0 Å². The van der Waals surface area contributed by atoms with Gasteiger partial charge in [-0.05, 0) is 56.1 Å². The Labute approximate surface area is 119 Å². The first-order valence-electron chi connectivity index (χ1n) is 7.50. The molecule has 4 nitrogen and oxygen atoms in total. The van der Waals surface area contributed by atoms with E-state index in [1.54, 1.807) is 6.92 Å². The molecule has 1 saturated carbocycles. The Kier molecular flexibility index (Phi) is 4.63. The summed E-state index contributed by atoms with van der Waals surface area (Å²) in [5.41, 5.74) is 1.24. The molecule has 0 saturated heterocycles. The highest BCUT2D eigenvalue weighted by molar-refractivity contribution is 5.68. The zero-order valence-electron chi connectivity index (χ0n) is 12.3. The predicted molar refractivity (Wildman–Crippen MR) is 78.5 cm³/mol. The Bertz CT molecular complexity index is 539. The van der Waals surface area contributed by atoms with Gasteiger partial charge in [0, 0.05) is 11.8 Å². The molecule has 1 aromatic rings. The van der Waals surface area contributed by atoms with E-state index in [4.69, 9.17) is 5.11 Å². The van der Waals surface area contributed by atoms with Crippen LogP contribution in [0.5, 0.6) is 0 Å². The van der Waals surface area contributed by atoms with Gasteiger partial charge in [0.1, 0.15) is 0 Å². The highest BCUT2D eigenvalue weighted by atomic mass is 16.4. The third-order valence-corrected chi connectivity index (χ3v) is 4.57. The highest BCUT2D eigenvalue weighted by Gasteiger charge is 2.24. The van der Waals surface area contributed by atoms with E-state index in [-0.39, 0.29) is 0 Å². The van der Waals surface area contributed by atoms with E-state index < -0.39 is 11.7 Å². The summed E-state index contributed by atoms with van der Waals surface area (Å²) in [6.07, 6.45) is 7.39. The van der Waals surface area contributed by atoms with Crippen molar-refractivity contribution < 1.29 is 9.90 Å². The Morgan fingerprint density at radius 3 is 2.55 bits per heavy atom. The topological polar surface area (TPSA) is 59.3 Å². The van der Waals surface area contributed by atoms with Crippen LogP contribution in [0.3, 0.4) is 0 Å². The van der Waals surface area contributed by atoms with Crippen molar-refractivity contribution in [2.24, 2.45) is 5.92 Å². The maximum absolute atomic E-state index is 12.0. The van der Waals surface area contributed by atoms with Crippen molar-refractivity contribution in [2.45, 2.75) is 58.3 Å². The van der Waals surface area contributed by atoms with E-state index in [1.165, 1.54) is 31.9 Å². The Balaban J connectivity index is 2.17. The average Bonchev–Trinajstić information content (AvgIpc) is 2.43. The Morgan fingerprint density at radius 2 is 2.00 bits per heavy atom. The molecule has 0 spiro atoms. The summed E-state index contributed by atoms with van der Waals surface area (Å²) in [6, 6.07) is 1.82. The quantitative estimate of drug-likeness (QED) is 0.915. The second kappa shape index (κ2) is 6.25. The molecule has 0 amide bonds. The number of aromatic nitrogens is 1. The first kappa shape index (κ1) is 14.8. The molecule has 1 fully saturated rings. The van der Waals surface area contributed by atoms with Gasteiger partial charge in [-0.3, -0.25) is 4.79 Å². The van der Waals surface area contributed by atoms with Crippen LogP contribution in [0.1, 0.15) is 62.5 Å². The van der Waals surface area contributed by atoms with Crippen molar-refractivity contribution in [1.29, 1.82) is 0 Å². The fourth-order valence-corrected chi connectivity index (χ4v) is 3.41. The van der Waals surface area contributed by atoms with Gasteiger partial charge in [0.25, 0.3) is 5.56 Å². The molecule has 20 heavy (non-hydrogen) atoms. The van der Waals surface area contributed by atoms with Crippen molar-refractivity contribution in [3.8, 4) is 0 Å². The molecule has 0 aliphatic heterocycles. The number of hydrogen-bond acceptors (Lipinski definition) is 2. The monoisotopic (exact) mass is 277 g/mol. The van der Waals surface area contributed by atoms with Gasteiger partial charge in [0.2, 0.25) is 0 Å². The lowest BCUT2D eigenvalue weighted by Gasteiger charge is -2.29. The maximum Gasteiger partial charge on any atom is 0.418 e. The van der Waals surface area contributed by atoms with Gasteiger partial charge in [-0.25, -0.2) is 9.36 Å². The van der Waals surface area contributed by atoms with E-state index >= 15 is 0 Å². The van der Waals surface area contributed by atoms with Crippen LogP contribution in [0.15, 0.2) is 17.1 Å². The minimum atomic E-state index is -1.21. The lowest BCUT2D eigenvalue weighted by atomic mass is 9.76. The molecule has 0 bridgehead atoms. The molecular weight excluding hydrogens is 254 g/mol. The minimum Gasteiger partial charge on any atom is -0.464 e. The normalized spacial score (nSPS) is 22.7. The number of pyridine rings is 1. The van der Waals surface area contributed by atoms with Crippen LogP contribution >= 0.6 is 0 Å². The van der Waals surface area contributed by atoms with Gasteiger partial charge in [-0.15, -0.1) is 0 Å². The lowest BCUT2D eigenvalue weighted by molar-refractivity contribution is 0.195. The first-order valence-corrected chi connectivity index (χ1v) is 7.50. The van der Waals surface area contributed by atoms with Crippen molar-refractivity contribution in [1.82, 2.24) is 4.57 Å². The van der Waals surface area contributed by atoms with Crippen LogP contribution in [0, 0.1) is 12.8 Å². The molecule has 1 aromatic heterocycles. The van der Waals surface area contributed by atoms with Gasteiger partial charge in [-0.2, -0.15) is 0 Å². The third-order valence-electron chi connectivity index (χ3n) is 4.57. The molecule has 1 N–H and O–H groups in total. The standard InChI is InChI=1S/C16H23NO3/c1-3-4-12-5-7-13(8-6-12)14-9-10-17(16(19)20)15(18)11(14)2/h9-10,12-13H,3-8H2,1-2H3,(H,19,20). The highest BCUT2D eigenvalue weighted by Crippen LogP contribution is 2.37. The predicted octanol–water partition coefficient (Wildman–Crippen LogP) is 3.76. The number of carboxylic acid groups (broad SMARTS) is 1. The average molecular weight is 277 g/mol. The summed E-state index contributed by atoms with van der Waals surface area (Å²) in [7, 11) is 0. The molecule has 4 heteroatoms. The fourth-order valence-electron chi connectivity index (χ4n) is 3.41. The molecule has 0 radical (unpaired) electrons. The van der Waals surface area contributed by atoms with Crippen molar-refractivity contribution in [3.05, 3.63) is 33.7 Å². The molecule has 1 heterocycles. The number of nitrogens with zero attached hydrogens (tertiary/aromatic N) is 1. The maximum atomic E-state index is 12.0. The SMILES string of the molecule is CCCC1CCC(c2ccn(C(=O)O)c(=O)c2C)CC1. The summed E-state index contributed by atoms with van der Waals surface area (Å²) in [6.45, 7) is 3.97. The number of hydrogen-bond donors (Lipinski definition) is 1. The van der Waals surface area contributed by atoms with Gasteiger partial charge in [-0.1, -0.05) is 19.8 Å². The number of rotatable bonds is 3. The summed E-state index contributed by atoms with van der Waals surface area (Å²) in [4.78, 5) is 23.0. The van der Waals surface area contributed by atoms with Crippen LogP contribution < -0.4 is 5.56 Å². The van der Waals surface area contributed by atoms with Crippen molar-refractivity contribution >= 4 is 6.09 Å². The summed E-state index contributed by atoms with van der Waals surface area (Å²) < 4.78 is 0.765. The molecule has 1 aliphatic rings. The van der Waals surface area contributed by atoms with Crippen LogP contribution in [-0.2, 0) is 0 Å². The zero-order chi connectivity index (χ0) is 14.7. The Morgan fingerprint density at radius 1 is 1.35 bits per heavy atom. The first-order chi connectivity index (χ1) is 9.54. The zero-order valence-corrected chi connectivity index (χ0v) is 12.3. The molecule has 0 unspecified atom stereocenters.